The number of fused-ring (bicyclic) bond motifs is 1. The molecule has 0 radical (unpaired) electrons. The highest BCUT2D eigenvalue weighted by atomic mass is 32.2. The van der Waals surface area contributed by atoms with Crippen LogP contribution >= 0.6 is 11.3 Å². The van der Waals surface area contributed by atoms with Gasteiger partial charge >= 0.3 is 0 Å². The molecule has 0 aliphatic heterocycles. The SMILES string of the molecule is Cc1cc(C)cc(S(=O)(=O)Nc2cccc(-c3cn4ccsc4n3)c2)c1. The number of nitrogens with zero attached hydrogens (tertiary/aromatic N) is 2. The van der Waals surface area contributed by atoms with Crippen LogP contribution in [0.1, 0.15) is 11.1 Å². The third kappa shape index (κ3) is 3.23. The molecule has 4 aromatic rings. The van der Waals surface area contributed by atoms with Crippen LogP contribution in [-0.4, -0.2) is 17.8 Å². The van der Waals surface area contributed by atoms with E-state index in [0.717, 1.165) is 27.3 Å². The van der Waals surface area contributed by atoms with E-state index in [2.05, 4.69) is 9.71 Å². The summed E-state index contributed by atoms with van der Waals surface area (Å²) >= 11 is 1.56. The summed E-state index contributed by atoms with van der Waals surface area (Å²) in [6.07, 6.45) is 3.88. The number of hydrogen-bond acceptors (Lipinski definition) is 4. The van der Waals surface area contributed by atoms with Crippen molar-refractivity contribution in [2.24, 2.45) is 0 Å². The van der Waals surface area contributed by atoms with Gasteiger partial charge in [0.2, 0.25) is 0 Å². The van der Waals surface area contributed by atoms with Crippen LogP contribution in [0.15, 0.2) is 65.1 Å². The van der Waals surface area contributed by atoms with Gasteiger partial charge in [0.25, 0.3) is 10.0 Å². The average Bonchev–Trinajstić information content (AvgIpc) is 3.15. The lowest BCUT2D eigenvalue weighted by Gasteiger charge is -2.10. The maximum absolute atomic E-state index is 12.7. The molecule has 7 heteroatoms. The van der Waals surface area contributed by atoms with Gasteiger partial charge in [-0.15, -0.1) is 11.3 Å². The number of thiazole rings is 1. The molecule has 2 aromatic carbocycles. The van der Waals surface area contributed by atoms with Crippen LogP contribution in [0, 0.1) is 13.8 Å². The summed E-state index contributed by atoms with van der Waals surface area (Å²) < 4.78 is 30.1. The van der Waals surface area contributed by atoms with Gasteiger partial charge in [0.15, 0.2) is 4.96 Å². The van der Waals surface area contributed by atoms with Crippen LogP contribution in [0.5, 0.6) is 0 Å². The highest BCUT2D eigenvalue weighted by Crippen LogP contribution is 2.25. The Kier molecular flexibility index (Phi) is 4.05. The third-order valence-corrected chi connectivity index (χ3v) is 6.14. The lowest BCUT2D eigenvalue weighted by molar-refractivity contribution is 0.601. The largest absolute Gasteiger partial charge is 0.297 e. The molecule has 5 nitrogen and oxygen atoms in total. The van der Waals surface area contributed by atoms with E-state index in [1.54, 1.807) is 35.6 Å². The number of sulfonamides is 1. The first-order chi connectivity index (χ1) is 12.4. The highest BCUT2D eigenvalue weighted by molar-refractivity contribution is 7.92. The maximum Gasteiger partial charge on any atom is 0.261 e. The molecule has 0 aliphatic rings. The molecule has 0 saturated carbocycles. The molecule has 2 heterocycles. The summed E-state index contributed by atoms with van der Waals surface area (Å²) in [5.74, 6) is 0. The van der Waals surface area contributed by atoms with E-state index in [0.29, 0.717) is 5.69 Å². The first-order valence-electron chi connectivity index (χ1n) is 8.04. The Bertz CT molecular complexity index is 1160. The topological polar surface area (TPSA) is 63.5 Å². The van der Waals surface area contributed by atoms with Crippen LogP contribution in [0.2, 0.25) is 0 Å². The molecule has 132 valence electrons. The molecule has 4 rings (SSSR count). The minimum absolute atomic E-state index is 0.267. The van der Waals surface area contributed by atoms with Crippen LogP contribution in [0.4, 0.5) is 5.69 Å². The first kappa shape index (κ1) is 16.8. The first-order valence-corrected chi connectivity index (χ1v) is 10.4. The molecule has 0 bridgehead atoms. The molecule has 0 unspecified atom stereocenters. The maximum atomic E-state index is 12.7. The molecular formula is C19H17N3O2S2. The number of benzene rings is 2. The van der Waals surface area contributed by atoms with Crippen molar-refractivity contribution < 1.29 is 8.42 Å². The molecule has 1 N–H and O–H groups in total. The van der Waals surface area contributed by atoms with Crippen molar-refractivity contribution in [3.8, 4) is 11.3 Å². The fourth-order valence-electron chi connectivity index (χ4n) is 2.91. The van der Waals surface area contributed by atoms with E-state index < -0.39 is 10.0 Å². The zero-order valence-electron chi connectivity index (χ0n) is 14.3. The van der Waals surface area contributed by atoms with Gasteiger partial charge in [-0.2, -0.15) is 0 Å². The van der Waals surface area contributed by atoms with E-state index in [-0.39, 0.29) is 4.90 Å². The molecular weight excluding hydrogens is 366 g/mol. The fourth-order valence-corrected chi connectivity index (χ4v) is 4.85. The van der Waals surface area contributed by atoms with Crippen LogP contribution in [0.25, 0.3) is 16.2 Å². The number of imidazole rings is 1. The Balaban J connectivity index is 1.67. The molecule has 0 atom stereocenters. The molecule has 0 spiro atoms. The second-order valence-electron chi connectivity index (χ2n) is 6.23. The van der Waals surface area contributed by atoms with Gasteiger partial charge in [0.05, 0.1) is 10.6 Å². The van der Waals surface area contributed by atoms with Gasteiger partial charge in [-0.3, -0.25) is 9.12 Å². The van der Waals surface area contributed by atoms with Crippen LogP contribution in [-0.2, 0) is 10.0 Å². The summed E-state index contributed by atoms with van der Waals surface area (Å²) in [5.41, 5.74) is 4.01. The van der Waals surface area contributed by atoms with Crippen molar-refractivity contribution in [3.05, 3.63) is 71.4 Å². The summed E-state index contributed by atoms with van der Waals surface area (Å²) in [6, 6.07) is 12.6. The molecule has 2 aromatic heterocycles. The van der Waals surface area contributed by atoms with Gasteiger partial charge < -0.3 is 0 Å². The number of aromatic nitrogens is 2. The number of rotatable bonds is 4. The Morgan fingerprint density at radius 1 is 1.08 bits per heavy atom. The van der Waals surface area contributed by atoms with Gasteiger partial charge in [0, 0.05) is 29.0 Å². The van der Waals surface area contributed by atoms with Crippen molar-refractivity contribution in [2.45, 2.75) is 18.7 Å². The van der Waals surface area contributed by atoms with Crippen LogP contribution in [0.3, 0.4) is 0 Å². The zero-order chi connectivity index (χ0) is 18.3. The van der Waals surface area contributed by atoms with E-state index in [1.165, 1.54) is 0 Å². The smallest absolute Gasteiger partial charge is 0.261 e. The van der Waals surface area contributed by atoms with E-state index in [4.69, 9.17) is 0 Å². The van der Waals surface area contributed by atoms with Crippen molar-refractivity contribution in [1.82, 2.24) is 9.38 Å². The lowest BCUT2D eigenvalue weighted by atomic mass is 10.1. The lowest BCUT2D eigenvalue weighted by Crippen LogP contribution is -2.13. The minimum atomic E-state index is -3.64. The number of nitrogens with one attached hydrogen (secondary N) is 1. The van der Waals surface area contributed by atoms with Crippen molar-refractivity contribution in [1.29, 1.82) is 0 Å². The summed E-state index contributed by atoms with van der Waals surface area (Å²) in [6.45, 7) is 3.77. The Labute approximate surface area is 156 Å². The Morgan fingerprint density at radius 2 is 1.85 bits per heavy atom. The number of aryl methyl sites for hydroxylation is 2. The summed E-state index contributed by atoms with van der Waals surface area (Å²) in [4.78, 5) is 5.74. The number of anilines is 1. The van der Waals surface area contributed by atoms with Gasteiger partial charge in [-0.1, -0.05) is 18.2 Å². The van der Waals surface area contributed by atoms with Gasteiger partial charge in [0.1, 0.15) is 0 Å². The average molecular weight is 383 g/mol. The molecule has 0 aliphatic carbocycles. The normalized spacial score (nSPS) is 11.8. The number of hydrogen-bond donors (Lipinski definition) is 1. The Morgan fingerprint density at radius 3 is 2.58 bits per heavy atom. The molecule has 0 fully saturated rings. The predicted molar refractivity (Wildman–Crippen MR) is 105 cm³/mol. The predicted octanol–water partition coefficient (Wildman–Crippen LogP) is 4.48. The minimum Gasteiger partial charge on any atom is -0.297 e. The summed E-state index contributed by atoms with van der Waals surface area (Å²) in [7, 11) is -3.64. The standard InChI is InChI=1S/C19H17N3O2S2/c1-13-8-14(2)10-17(9-13)26(23,24)21-16-5-3-4-15(11-16)18-12-22-6-7-25-19(22)20-18/h3-12,21H,1-2H3. The quantitative estimate of drug-likeness (QED) is 0.565. The monoisotopic (exact) mass is 383 g/mol. The zero-order valence-corrected chi connectivity index (χ0v) is 15.9. The van der Waals surface area contributed by atoms with Crippen molar-refractivity contribution in [3.63, 3.8) is 0 Å². The Hall–Kier alpha value is -2.64. The molecule has 0 amide bonds. The van der Waals surface area contributed by atoms with E-state index in [1.807, 2.05) is 54.2 Å². The second-order valence-corrected chi connectivity index (χ2v) is 8.78. The molecule has 26 heavy (non-hydrogen) atoms. The van der Waals surface area contributed by atoms with Crippen molar-refractivity contribution in [2.75, 3.05) is 4.72 Å². The van der Waals surface area contributed by atoms with E-state index >= 15 is 0 Å². The summed E-state index contributed by atoms with van der Waals surface area (Å²) in [5, 5.41) is 1.97. The van der Waals surface area contributed by atoms with Crippen LogP contribution < -0.4 is 4.72 Å². The van der Waals surface area contributed by atoms with Gasteiger partial charge in [-0.05, 0) is 49.2 Å². The highest BCUT2D eigenvalue weighted by Gasteiger charge is 2.16. The van der Waals surface area contributed by atoms with E-state index in [9.17, 15) is 8.42 Å². The van der Waals surface area contributed by atoms with Gasteiger partial charge in [-0.25, -0.2) is 13.4 Å². The van der Waals surface area contributed by atoms with Crippen molar-refractivity contribution >= 4 is 32.0 Å². The fraction of sp³-hybridized carbons (Fsp3) is 0.105. The second kappa shape index (κ2) is 6.26. The molecule has 0 saturated heterocycles. The third-order valence-electron chi connectivity index (χ3n) is 4.01.